The number of alkyl halides is 2. The summed E-state index contributed by atoms with van der Waals surface area (Å²) in [6.45, 7) is 0. The summed E-state index contributed by atoms with van der Waals surface area (Å²) in [5.41, 5.74) is 6.48. The Kier molecular flexibility index (Phi) is 2.04. The first-order valence-electron chi connectivity index (χ1n) is 4.11. The average Bonchev–Trinajstić information content (AvgIpc) is 2.16. The van der Waals surface area contributed by atoms with Crippen molar-refractivity contribution in [2.24, 2.45) is 0 Å². The third kappa shape index (κ3) is 1.51. The van der Waals surface area contributed by atoms with Gasteiger partial charge in [0, 0.05) is 11.1 Å². The minimum absolute atomic E-state index is 0.206. The van der Waals surface area contributed by atoms with Crippen LogP contribution in [0.15, 0.2) is 30.3 Å². The van der Waals surface area contributed by atoms with Gasteiger partial charge in [-0.15, -0.1) is 0 Å². The number of rotatable bonds is 1. The standard InChI is InChI=1S/C10H8F2N2/c11-10(12)9-3-1-6-5-7(13)2-4-8(6)14-9/h1-5,10H,13H2. The van der Waals surface area contributed by atoms with E-state index < -0.39 is 6.43 Å². The van der Waals surface area contributed by atoms with Crippen molar-refractivity contribution in [2.45, 2.75) is 6.43 Å². The molecule has 0 radical (unpaired) electrons. The van der Waals surface area contributed by atoms with Gasteiger partial charge in [0.25, 0.3) is 6.43 Å². The van der Waals surface area contributed by atoms with Gasteiger partial charge in [0.05, 0.1) is 5.52 Å². The molecule has 4 heteroatoms. The van der Waals surface area contributed by atoms with Crippen molar-refractivity contribution >= 4 is 16.6 Å². The first-order chi connectivity index (χ1) is 6.66. The minimum Gasteiger partial charge on any atom is -0.399 e. The van der Waals surface area contributed by atoms with E-state index in [4.69, 9.17) is 5.73 Å². The molecule has 0 amide bonds. The van der Waals surface area contributed by atoms with E-state index in [1.165, 1.54) is 6.07 Å². The summed E-state index contributed by atoms with van der Waals surface area (Å²) >= 11 is 0. The predicted molar refractivity (Wildman–Crippen MR) is 51.1 cm³/mol. The fourth-order valence-electron chi connectivity index (χ4n) is 1.28. The zero-order valence-corrected chi connectivity index (χ0v) is 7.24. The number of pyridine rings is 1. The van der Waals surface area contributed by atoms with Crippen LogP contribution < -0.4 is 5.73 Å². The van der Waals surface area contributed by atoms with Crippen LogP contribution in [0.5, 0.6) is 0 Å². The van der Waals surface area contributed by atoms with Crippen molar-refractivity contribution in [1.29, 1.82) is 0 Å². The predicted octanol–water partition coefficient (Wildman–Crippen LogP) is 2.75. The fourth-order valence-corrected chi connectivity index (χ4v) is 1.28. The molecule has 72 valence electrons. The topological polar surface area (TPSA) is 38.9 Å². The monoisotopic (exact) mass is 194 g/mol. The maximum Gasteiger partial charge on any atom is 0.280 e. The van der Waals surface area contributed by atoms with Gasteiger partial charge < -0.3 is 5.73 Å². The molecule has 0 bridgehead atoms. The van der Waals surface area contributed by atoms with E-state index in [0.29, 0.717) is 11.2 Å². The Labute approximate surface area is 79.4 Å². The Morgan fingerprint density at radius 3 is 2.64 bits per heavy atom. The second-order valence-electron chi connectivity index (χ2n) is 2.99. The van der Waals surface area contributed by atoms with E-state index in [0.717, 1.165) is 5.39 Å². The second-order valence-corrected chi connectivity index (χ2v) is 2.99. The third-order valence-corrected chi connectivity index (χ3v) is 1.96. The summed E-state index contributed by atoms with van der Waals surface area (Å²) in [4.78, 5) is 3.81. The molecular weight excluding hydrogens is 186 g/mol. The number of nitrogens with zero attached hydrogens (tertiary/aromatic N) is 1. The molecule has 0 saturated heterocycles. The van der Waals surface area contributed by atoms with Crippen LogP contribution in [-0.2, 0) is 0 Å². The van der Waals surface area contributed by atoms with Crippen LogP contribution in [0.25, 0.3) is 10.9 Å². The van der Waals surface area contributed by atoms with E-state index in [2.05, 4.69) is 4.98 Å². The number of nitrogen functional groups attached to an aromatic ring is 1. The van der Waals surface area contributed by atoms with Crippen LogP contribution in [0, 0.1) is 0 Å². The number of hydrogen-bond donors (Lipinski definition) is 1. The lowest BCUT2D eigenvalue weighted by molar-refractivity contribution is 0.146. The maximum atomic E-state index is 12.3. The number of hydrogen-bond acceptors (Lipinski definition) is 2. The number of anilines is 1. The van der Waals surface area contributed by atoms with Gasteiger partial charge in [0.15, 0.2) is 0 Å². The average molecular weight is 194 g/mol. The first kappa shape index (κ1) is 8.87. The van der Waals surface area contributed by atoms with Gasteiger partial charge in [-0.1, -0.05) is 6.07 Å². The summed E-state index contributed by atoms with van der Waals surface area (Å²) in [6, 6.07) is 7.89. The van der Waals surface area contributed by atoms with E-state index in [9.17, 15) is 8.78 Å². The largest absolute Gasteiger partial charge is 0.399 e. The number of nitrogens with two attached hydrogens (primary N) is 1. The van der Waals surface area contributed by atoms with E-state index in [1.807, 2.05) is 0 Å². The molecule has 2 nitrogen and oxygen atoms in total. The van der Waals surface area contributed by atoms with Crippen molar-refractivity contribution < 1.29 is 8.78 Å². The van der Waals surface area contributed by atoms with E-state index in [-0.39, 0.29) is 5.69 Å². The number of halogens is 2. The maximum absolute atomic E-state index is 12.3. The molecular formula is C10H8F2N2. The van der Waals surface area contributed by atoms with Crippen molar-refractivity contribution in [1.82, 2.24) is 4.98 Å². The quantitative estimate of drug-likeness (QED) is 0.709. The van der Waals surface area contributed by atoms with Gasteiger partial charge in [0.1, 0.15) is 5.69 Å². The molecule has 0 spiro atoms. The minimum atomic E-state index is -2.53. The molecule has 1 aromatic carbocycles. The summed E-state index contributed by atoms with van der Waals surface area (Å²) in [5.74, 6) is 0. The normalized spacial score (nSPS) is 11.1. The van der Waals surface area contributed by atoms with E-state index in [1.54, 1.807) is 24.3 Å². The van der Waals surface area contributed by atoms with Crippen LogP contribution in [0.2, 0.25) is 0 Å². The zero-order chi connectivity index (χ0) is 10.1. The molecule has 0 saturated carbocycles. The Bertz CT molecular complexity index is 469. The van der Waals surface area contributed by atoms with Gasteiger partial charge in [-0.3, -0.25) is 0 Å². The second kappa shape index (κ2) is 3.21. The molecule has 1 aromatic heterocycles. The van der Waals surface area contributed by atoms with Crippen molar-refractivity contribution in [3.8, 4) is 0 Å². The van der Waals surface area contributed by atoms with Crippen LogP contribution in [0.3, 0.4) is 0 Å². The fraction of sp³-hybridized carbons (Fsp3) is 0.100. The lowest BCUT2D eigenvalue weighted by Gasteiger charge is -2.02. The molecule has 0 aliphatic carbocycles. The van der Waals surface area contributed by atoms with Crippen LogP contribution in [-0.4, -0.2) is 4.98 Å². The Morgan fingerprint density at radius 2 is 1.93 bits per heavy atom. The number of fused-ring (bicyclic) bond motifs is 1. The van der Waals surface area contributed by atoms with Crippen LogP contribution in [0.1, 0.15) is 12.1 Å². The summed E-state index contributed by atoms with van der Waals surface area (Å²) in [5, 5.41) is 0.773. The van der Waals surface area contributed by atoms with Gasteiger partial charge in [-0.25, -0.2) is 13.8 Å². The number of aromatic nitrogens is 1. The highest BCUT2D eigenvalue weighted by Gasteiger charge is 2.08. The molecule has 2 rings (SSSR count). The van der Waals surface area contributed by atoms with Crippen molar-refractivity contribution in [3.05, 3.63) is 36.0 Å². The molecule has 2 aromatic rings. The smallest absolute Gasteiger partial charge is 0.280 e. The lowest BCUT2D eigenvalue weighted by atomic mass is 10.2. The van der Waals surface area contributed by atoms with Gasteiger partial charge in [-0.05, 0) is 24.3 Å². The highest BCUT2D eigenvalue weighted by Crippen LogP contribution is 2.21. The SMILES string of the molecule is Nc1ccc2nc(C(F)F)ccc2c1. The van der Waals surface area contributed by atoms with Crippen LogP contribution >= 0.6 is 0 Å². The Morgan fingerprint density at radius 1 is 1.14 bits per heavy atom. The first-order valence-corrected chi connectivity index (χ1v) is 4.11. The lowest BCUT2D eigenvalue weighted by Crippen LogP contribution is -1.91. The summed E-state index contributed by atoms with van der Waals surface area (Å²) in [6.07, 6.45) is -2.53. The van der Waals surface area contributed by atoms with Crippen molar-refractivity contribution in [2.75, 3.05) is 5.73 Å². The molecule has 0 atom stereocenters. The molecule has 14 heavy (non-hydrogen) atoms. The third-order valence-electron chi connectivity index (χ3n) is 1.96. The highest BCUT2D eigenvalue weighted by molar-refractivity contribution is 5.81. The van der Waals surface area contributed by atoms with Gasteiger partial charge in [-0.2, -0.15) is 0 Å². The molecule has 2 N–H and O–H groups in total. The highest BCUT2D eigenvalue weighted by atomic mass is 19.3. The molecule has 0 unspecified atom stereocenters. The molecule has 0 aliphatic rings. The summed E-state index contributed by atoms with van der Waals surface area (Å²) < 4.78 is 24.6. The summed E-state index contributed by atoms with van der Waals surface area (Å²) in [7, 11) is 0. The Balaban J connectivity index is 2.62. The zero-order valence-electron chi connectivity index (χ0n) is 7.24. The molecule has 1 heterocycles. The number of benzene rings is 1. The molecule has 0 fully saturated rings. The van der Waals surface area contributed by atoms with Gasteiger partial charge >= 0.3 is 0 Å². The van der Waals surface area contributed by atoms with Gasteiger partial charge in [0.2, 0.25) is 0 Å². The Hall–Kier alpha value is -1.71. The van der Waals surface area contributed by atoms with Crippen LogP contribution in [0.4, 0.5) is 14.5 Å². The van der Waals surface area contributed by atoms with E-state index >= 15 is 0 Å². The van der Waals surface area contributed by atoms with Crippen molar-refractivity contribution in [3.63, 3.8) is 0 Å². The molecule has 0 aliphatic heterocycles.